The standard InChI is InChI=1S/C13H19N3O5/c1-13(2,3)10(4-5-17)15-11-6-8(12(18)19)9(7-14-11)16(20)21/h6-7,10,17H,4-5H2,1-3H3,(H,14,15)(H,18,19). The predicted octanol–water partition coefficient (Wildman–Crippen LogP) is 1.90. The summed E-state index contributed by atoms with van der Waals surface area (Å²) in [6.07, 6.45) is 1.37. The Morgan fingerprint density at radius 3 is 2.57 bits per heavy atom. The topological polar surface area (TPSA) is 126 Å². The highest BCUT2D eigenvalue weighted by atomic mass is 16.6. The lowest BCUT2D eigenvalue weighted by atomic mass is 9.85. The van der Waals surface area contributed by atoms with E-state index in [-0.39, 0.29) is 23.9 Å². The van der Waals surface area contributed by atoms with Gasteiger partial charge in [0.25, 0.3) is 0 Å². The molecule has 0 fully saturated rings. The molecule has 0 aliphatic heterocycles. The zero-order chi connectivity index (χ0) is 16.2. The minimum atomic E-state index is -1.39. The molecule has 1 aromatic heterocycles. The van der Waals surface area contributed by atoms with Gasteiger partial charge in [-0.3, -0.25) is 10.1 Å². The number of pyridine rings is 1. The van der Waals surface area contributed by atoms with Gasteiger partial charge in [0.15, 0.2) is 0 Å². The average molecular weight is 297 g/mol. The van der Waals surface area contributed by atoms with Gasteiger partial charge in [-0.25, -0.2) is 9.78 Å². The number of nitrogens with one attached hydrogen (secondary N) is 1. The summed E-state index contributed by atoms with van der Waals surface area (Å²) in [7, 11) is 0. The van der Waals surface area contributed by atoms with Gasteiger partial charge >= 0.3 is 11.7 Å². The summed E-state index contributed by atoms with van der Waals surface area (Å²) in [5.74, 6) is -1.16. The molecule has 0 amide bonds. The molecule has 0 bridgehead atoms. The smallest absolute Gasteiger partial charge is 0.342 e. The highest BCUT2D eigenvalue weighted by molar-refractivity contribution is 5.93. The number of aromatic carboxylic acids is 1. The van der Waals surface area contributed by atoms with Crippen LogP contribution in [0.15, 0.2) is 12.3 Å². The van der Waals surface area contributed by atoms with Crippen LogP contribution in [0, 0.1) is 15.5 Å². The zero-order valence-electron chi connectivity index (χ0n) is 12.2. The van der Waals surface area contributed by atoms with Gasteiger partial charge in [0.05, 0.1) is 4.92 Å². The summed E-state index contributed by atoms with van der Waals surface area (Å²) in [4.78, 5) is 25.0. The number of aliphatic hydroxyl groups excluding tert-OH is 1. The van der Waals surface area contributed by atoms with Crippen molar-refractivity contribution in [1.29, 1.82) is 0 Å². The number of nitrogens with zero attached hydrogens (tertiary/aromatic N) is 2. The maximum absolute atomic E-state index is 11.1. The van der Waals surface area contributed by atoms with Gasteiger partial charge in [-0.2, -0.15) is 0 Å². The first-order valence-electron chi connectivity index (χ1n) is 6.42. The van der Waals surface area contributed by atoms with Crippen LogP contribution in [0.5, 0.6) is 0 Å². The molecule has 0 spiro atoms. The minimum absolute atomic E-state index is 0.0340. The molecule has 0 aromatic carbocycles. The number of nitro groups is 1. The van der Waals surface area contributed by atoms with E-state index in [0.29, 0.717) is 6.42 Å². The Kier molecular flexibility index (Phi) is 5.20. The fraction of sp³-hybridized carbons (Fsp3) is 0.538. The first kappa shape index (κ1) is 16.8. The normalized spacial score (nSPS) is 12.8. The van der Waals surface area contributed by atoms with Crippen molar-refractivity contribution in [1.82, 2.24) is 4.98 Å². The van der Waals surface area contributed by atoms with Crippen molar-refractivity contribution in [2.45, 2.75) is 33.2 Å². The number of carbonyl (C=O) groups is 1. The molecule has 8 nitrogen and oxygen atoms in total. The van der Waals surface area contributed by atoms with E-state index in [0.717, 1.165) is 12.3 Å². The van der Waals surface area contributed by atoms with E-state index in [2.05, 4.69) is 10.3 Å². The minimum Gasteiger partial charge on any atom is -0.477 e. The summed E-state index contributed by atoms with van der Waals surface area (Å²) in [5.41, 5.74) is -1.17. The van der Waals surface area contributed by atoms with Crippen LogP contribution in [0.3, 0.4) is 0 Å². The summed E-state index contributed by atoms with van der Waals surface area (Å²) >= 11 is 0. The van der Waals surface area contributed by atoms with Crippen molar-refractivity contribution in [2.75, 3.05) is 11.9 Å². The molecule has 1 atom stereocenters. The molecule has 0 aliphatic rings. The van der Waals surface area contributed by atoms with Crippen molar-refractivity contribution in [3.8, 4) is 0 Å². The molecule has 1 aromatic rings. The van der Waals surface area contributed by atoms with Crippen molar-refractivity contribution in [2.24, 2.45) is 5.41 Å². The molecule has 116 valence electrons. The maximum atomic E-state index is 11.1. The van der Waals surface area contributed by atoms with Gasteiger partial charge < -0.3 is 15.5 Å². The molecule has 0 aliphatic carbocycles. The van der Waals surface area contributed by atoms with E-state index in [1.165, 1.54) is 0 Å². The lowest BCUT2D eigenvalue weighted by Gasteiger charge is -2.31. The van der Waals surface area contributed by atoms with E-state index in [4.69, 9.17) is 10.2 Å². The van der Waals surface area contributed by atoms with Gasteiger partial charge in [0.1, 0.15) is 17.6 Å². The fourth-order valence-corrected chi connectivity index (χ4v) is 1.87. The second kappa shape index (κ2) is 6.49. The average Bonchev–Trinajstić information content (AvgIpc) is 2.36. The van der Waals surface area contributed by atoms with Crippen molar-refractivity contribution >= 4 is 17.5 Å². The van der Waals surface area contributed by atoms with Crippen molar-refractivity contribution in [3.05, 3.63) is 27.9 Å². The van der Waals surface area contributed by atoms with Gasteiger partial charge in [0.2, 0.25) is 0 Å². The third kappa shape index (κ3) is 4.38. The molecule has 0 saturated carbocycles. The van der Waals surface area contributed by atoms with Crippen LogP contribution in [-0.4, -0.2) is 38.7 Å². The quantitative estimate of drug-likeness (QED) is 0.540. The van der Waals surface area contributed by atoms with Crippen LogP contribution < -0.4 is 5.32 Å². The molecule has 0 saturated heterocycles. The number of rotatable bonds is 6. The third-order valence-corrected chi connectivity index (χ3v) is 3.10. The number of carboxylic acids is 1. The van der Waals surface area contributed by atoms with Gasteiger partial charge in [-0.15, -0.1) is 0 Å². The molecule has 8 heteroatoms. The Morgan fingerprint density at radius 1 is 1.52 bits per heavy atom. The first-order valence-corrected chi connectivity index (χ1v) is 6.42. The number of aromatic nitrogens is 1. The van der Waals surface area contributed by atoms with Crippen LogP contribution >= 0.6 is 0 Å². The summed E-state index contributed by atoms with van der Waals surface area (Å²) < 4.78 is 0. The number of anilines is 1. The van der Waals surface area contributed by atoms with E-state index < -0.39 is 22.1 Å². The van der Waals surface area contributed by atoms with Gasteiger partial charge in [0, 0.05) is 18.7 Å². The van der Waals surface area contributed by atoms with Crippen molar-refractivity contribution < 1.29 is 19.9 Å². The molecule has 0 radical (unpaired) electrons. The maximum Gasteiger partial charge on any atom is 0.342 e. The molecule has 3 N–H and O–H groups in total. The van der Waals surface area contributed by atoms with E-state index >= 15 is 0 Å². The third-order valence-electron chi connectivity index (χ3n) is 3.10. The first-order chi connectivity index (χ1) is 9.66. The van der Waals surface area contributed by atoms with Gasteiger partial charge in [-0.05, 0) is 11.8 Å². The van der Waals surface area contributed by atoms with Crippen LogP contribution in [-0.2, 0) is 0 Å². The Bertz CT molecular complexity index is 539. The molecule has 1 heterocycles. The lowest BCUT2D eigenvalue weighted by molar-refractivity contribution is -0.385. The van der Waals surface area contributed by atoms with Crippen LogP contribution in [0.1, 0.15) is 37.6 Å². The zero-order valence-corrected chi connectivity index (χ0v) is 12.2. The second-order valence-electron chi connectivity index (χ2n) is 5.72. The molecular formula is C13H19N3O5. The van der Waals surface area contributed by atoms with E-state index in [9.17, 15) is 14.9 Å². The van der Waals surface area contributed by atoms with Crippen LogP contribution in [0.25, 0.3) is 0 Å². The molecule has 21 heavy (non-hydrogen) atoms. The number of hydrogen-bond acceptors (Lipinski definition) is 6. The number of hydrogen-bond donors (Lipinski definition) is 3. The van der Waals surface area contributed by atoms with Gasteiger partial charge in [-0.1, -0.05) is 20.8 Å². The molecular weight excluding hydrogens is 278 g/mol. The van der Waals surface area contributed by atoms with Crippen molar-refractivity contribution in [3.63, 3.8) is 0 Å². The predicted molar refractivity (Wildman–Crippen MR) is 76.4 cm³/mol. The Labute approximate surface area is 122 Å². The Hall–Kier alpha value is -2.22. The van der Waals surface area contributed by atoms with Crippen LogP contribution in [0.2, 0.25) is 0 Å². The summed E-state index contributed by atoms with van der Waals surface area (Å²) in [6.45, 7) is 5.85. The summed E-state index contributed by atoms with van der Waals surface area (Å²) in [5, 5.41) is 31.9. The fourth-order valence-electron chi connectivity index (χ4n) is 1.87. The number of carboxylic acid groups (broad SMARTS) is 1. The summed E-state index contributed by atoms with van der Waals surface area (Å²) in [6, 6.07) is 0.981. The highest BCUT2D eigenvalue weighted by Gasteiger charge is 2.26. The van der Waals surface area contributed by atoms with E-state index in [1.807, 2.05) is 20.8 Å². The SMILES string of the molecule is CC(C)(C)C(CCO)Nc1cc(C(=O)O)c([N+](=O)[O-])cn1. The van der Waals surface area contributed by atoms with Crippen LogP contribution in [0.4, 0.5) is 11.5 Å². The Morgan fingerprint density at radius 2 is 2.14 bits per heavy atom. The largest absolute Gasteiger partial charge is 0.477 e. The molecule has 1 unspecified atom stereocenters. The monoisotopic (exact) mass is 297 g/mol. The Balaban J connectivity index is 3.11. The van der Waals surface area contributed by atoms with E-state index in [1.54, 1.807) is 0 Å². The number of aliphatic hydroxyl groups is 1. The highest BCUT2D eigenvalue weighted by Crippen LogP contribution is 2.27. The molecule has 1 rings (SSSR count). The second-order valence-corrected chi connectivity index (χ2v) is 5.72. The lowest BCUT2D eigenvalue weighted by Crippen LogP contribution is -2.35.